The molecule has 1 unspecified atom stereocenters. The average molecular weight is 317 g/mol. The number of aryl methyl sites for hydroxylation is 1. The fraction of sp³-hybridized carbons (Fsp3) is 0.579. The first-order valence-corrected chi connectivity index (χ1v) is 8.47. The van der Waals surface area contributed by atoms with Crippen LogP contribution in [0.4, 0.5) is 0 Å². The molecular formula is C19H27NO3. The van der Waals surface area contributed by atoms with Crippen LogP contribution in [0.3, 0.4) is 0 Å². The highest BCUT2D eigenvalue weighted by Crippen LogP contribution is 2.34. The molecule has 0 aromatic heterocycles. The smallest absolute Gasteiger partial charge is 0.302 e. The second-order valence-corrected chi connectivity index (χ2v) is 6.51. The monoisotopic (exact) mass is 317 g/mol. The number of nitrogens with zero attached hydrogens (tertiary/aromatic N) is 1. The van der Waals surface area contributed by atoms with Crippen LogP contribution in [0.5, 0.6) is 0 Å². The summed E-state index contributed by atoms with van der Waals surface area (Å²) in [6, 6.07) is 10.4. The number of oxime groups is 1. The van der Waals surface area contributed by atoms with Gasteiger partial charge >= 0.3 is 5.97 Å². The van der Waals surface area contributed by atoms with Gasteiger partial charge in [0.15, 0.2) is 0 Å². The van der Waals surface area contributed by atoms with E-state index in [-0.39, 0.29) is 11.4 Å². The fourth-order valence-corrected chi connectivity index (χ4v) is 2.93. The van der Waals surface area contributed by atoms with Crippen LogP contribution >= 0.6 is 0 Å². The minimum Gasteiger partial charge on any atom is -0.465 e. The number of benzene rings is 1. The summed E-state index contributed by atoms with van der Waals surface area (Å²) < 4.78 is 5.22. The molecule has 1 aromatic rings. The normalized spacial score (nSPS) is 22.8. The zero-order valence-corrected chi connectivity index (χ0v) is 14.2. The second-order valence-electron chi connectivity index (χ2n) is 6.51. The maximum Gasteiger partial charge on any atom is 0.302 e. The molecule has 23 heavy (non-hydrogen) atoms. The van der Waals surface area contributed by atoms with E-state index in [9.17, 15) is 4.79 Å². The Kier molecular flexibility index (Phi) is 6.63. The predicted molar refractivity (Wildman–Crippen MR) is 91.4 cm³/mol. The van der Waals surface area contributed by atoms with Gasteiger partial charge in [-0.2, -0.15) is 0 Å². The molecule has 0 radical (unpaired) electrons. The lowest BCUT2D eigenvalue weighted by molar-refractivity contribution is -0.143. The summed E-state index contributed by atoms with van der Waals surface area (Å²) in [7, 11) is 0. The van der Waals surface area contributed by atoms with E-state index < -0.39 is 0 Å². The summed E-state index contributed by atoms with van der Waals surface area (Å²) in [5, 5.41) is 4.37. The van der Waals surface area contributed by atoms with E-state index >= 15 is 0 Å². The minimum absolute atomic E-state index is 0.177. The first-order chi connectivity index (χ1) is 11.1. The molecule has 2 rings (SSSR count). The van der Waals surface area contributed by atoms with E-state index in [1.165, 1.54) is 12.5 Å². The Morgan fingerprint density at radius 2 is 2.04 bits per heavy atom. The molecule has 1 aromatic carbocycles. The van der Waals surface area contributed by atoms with Crippen molar-refractivity contribution < 1.29 is 14.4 Å². The molecule has 1 fully saturated rings. The van der Waals surface area contributed by atoms with Gasteiger partial charge in [-0.25, -0.2) is 0 Å². The van der Waals surface area contributed by atoms with E-state index in [0.29, 0.717) is 13.2 Å². The van der Waals surface area contributed by atoms with Gasteiger partial charge in [0, 0.05) is 12.3 Å². The molecule has 1 aliphatic carbocycles. The standard InChI is InChI=1S/C19H27NO3/c1-16(21)22-15-19(2)13-7-6-12-18(19)20-23-14-8-11-17-9-4-3-5-10-17/h3-5,9-10H,6-8,11-15H2,1-2H3/b20-18+. The molecule has 0 saturated heterocycles. The molecule has 0 amide bonds. The van der Waals surface area contributed by atoms with Crippen molar-refractivity contribution in [3.05, 3.63) is 35.9 Å². The largest absolute Gasteiger partial charge is 0.465 e. The Labute approximate surface area is 138 Å². The molecule has 0 spiro atoms. The third-order valence-electron chi connectivity index (χ3n) is 4.40. The van der Waals surface area contributed by atoms with Gasteiger partial charge in [0.2, 0.25) is 0 Å². The molecule has 0 aliphatic heterocycles. The van der Waals surface area contributed by atoms with Crippen molar-refractivity contribution in [3.63, 3.8) is 0 Å². The number of hydrogen-bond acceptors (Lipinski definition) is 4. The highest BCUT2D eigenvalue weighted by atomic mass is 16.6. The number of carbonyl (C=O) groups excluding carboxylic acids is 1. The van der Waals surface area contributed by atoms with Gasteiger partial charge in [-0.15, -0.1) is 0 Å². The van der Waals surface area contributed by atoms with Crippen LogP contribution in [0, 0.1) is 5.41 Å². The van der Waals surface area contributed by atoms with Gasteiger partial charge in [0.05, 0.1) is 5.71 Å². The summed E-state index contributed by atoms with van der Waals surface area (Å²) in [4.78, 5) is 16.6. The summed E-state index contributed by atoms with van der Waals surface area (Å²) in [6.45, 7) is 4.57. The lowest BCUT2D eigenvalue weighted by Crippen LogP contribution is -2.36. The molecular weight excluding hydrogens is 290 g/mol. The maximum atomic E-state index is 11.1. The number of ether oxygens (including phenoxy) is 1. The number of rotatable bonds is 7. The van der Waals surface area contributed by atoms with Crippen molar-refractivity contribution >= 4 is 11.7 Å². The number of esters is 1. The van der Waals surface area contributed by atoms with Gasteiger partial charge in [0.1, 0.15) is 13.2 Å². The predicted octanol–water partition coefficient (Wildman–Crippen LogP) is 4.14. The highest BCUT2D eigenvalue weighted by molar-refractivity contribution is 5.90. The lowest BCUT2D eigenvalue weighted by Gasteiger charge is -2.33. The van der Waals surface area contributed by atoms with Gasteiger partial charge in [-0.05, 0) is 37.7 Å². The van der Waals surface area contributed by atoms with E-state index in [1.807, 2.05) is 6.07 Å². The first-order valence-electron chi connectivity index (χ1n) is 8.47. The van der Waals surface area contributed by atoms with Crippen molar-refractivity contribution in [3.8, 4) is 0 Å². The Morgan fingerprint density at radius 1 is 1.26 bits per heavy atom. The topological polar surface area (TPSA) is 47.9 Å². The van der Waals surface area contributed by atoms with E-state index in [4.69, 9.17) is 9.57 Å². The van der Waals surface area contributed by atoms with Crippen LogP contribution < -0.4 is 0 Å². The molecule has 0 N–H and O–H groups in total. The SMILES string of the molecule is CC(=O)OCC1(C)CCCC/C1=N\OCCCc1ccccc1. The van der Waals surface area contributed by atoms with Crippen molar-refractivity contribution in [1.29, 1.82) is 0 Å². The van der Waals surface area contributed by atoms with E-state index in [2.05, 4.69) is 36.3 Å². The van der Waals surface area contributed by atoms with Crippen molar-refractivity contribution in [2.75, 3.05) is 13.2 Å². The van der Waals surface area contributed by atoms with Gasteiger partial charge in [-0.1, -0.05) is 48.8 Å². The third kappa shape index (κ3) is 5.70. The molecule has 4 nitrogen and oxygen atoms in total. The summed E-state index contributed by atoms with van der Waals surface area (Å²) >= 11 is 0. The summed E-state index contributed by atoms with van der Waals surface area (Å²) in [6.07, 6.45) is 6.13. The maximum absolute atomic E-state index is 11.1. The zero-order valence-electron chi connectivity index (χ0n) is 14.2. The van der Waals surface area contributed by atoms with E-state index in [0.717, 1.165) is 44.2 Å². The molecule has 1 atom stereocenters. The lowest BCUT2D eigenvalue weighted by atomic mass is 9.74. The van der Waals surface area contributed by atoms with Crippen molar-refractivity contribution in [2.45, 2.75) is 52.4 Å². The Bertz CT molecular complexity index is 527. The number of carbonyl (C=O) groups is 1. The second kappa shape index (κ2) is 8.70. The van der Waals surface area contributed by atoms with Gasteiger partial charge in [-0.3, -0.25) is 4.79 Å². The van der Waals surface area contributed by atoms with Crippen LogP contribution in [-0.4, -0.2) is 24.9 Å². The zero-order chi connectivity index (χ0) is 16.5. The van der Waals surface area contributed by atoms with Crippen LogP contribution in [0.15, 0.2) is 35.5 Å². The summed E-state index contributed by atoms with van der Waals surface area (Å²) in [5.74, 6) is -0.236. The fourth-order valence-electron chi connectivity index (χ4n) is 2.93. The van der Waals surface area contributed by atoms with E-state index in [1.54, 1.807) is 0 Å². The molecule has 1 aliphatic rings. The summed E-state index contributed by atoms with van der Waals surface area (Å²) in [5.41, 5.74) is 2.18. The minimum atomic E-state index is -0.236. The average Bonchev–Trinajstić information content (AvgIpc) is 2.55. The Balaban J connectivity index is 1.80. The number of hydrogen-bond donors (Lipinski definition) is 0. The third-order valence-corrected chi connectivity index (χ3v) is 4.40. The molecule has 126 valence electrons. The van der Waals surface area contributed by atoms with Crippen LogP contribution in [0.25, 0.3) is 0 Å². The van der Waals surface area contributed by atoms with Crippen molar-refractivity contribution in [2.24, 2.45) is 10.6 Å². The molecule has 1 saturated carbocycles. The van der Waals surface area contributed by atoms with Crippen molar-refractivity contribution in [1.82, 2.24) is 0 Å². The Morgan fingerprint density at radius 3 is 2.78 bits per heavy atom. The molecule has 0 bridgehead atoms. The van der Waals surface area contributed by atoms with Gasteiger partial charge < -0.3 is 9.57 Å². The molecule has 0 heterocycles. The van der Waals surface area contributed by atoms with Crippen LogP contribution in [-0.2, 0) is 20.8 Å². The Hall–Kier alpha value is -1.84. The molecule has 4 heteroatoms. The van der Waals surface area contributed by atoms with Crippen LogP contribution in [0.2, 0.25) is 0 Å². The highest BCUT2D eigenvalue weighted by Gasteiger charge is 2.35. The quantitative estimate of drug-likeness (QED) is 0.431. The van der Waals surface area contributed by atoms with Gasteiger partial charge in [0.25, 0.3) is 0 Å². The first kappa shape index (κ1) is 17.5. The van der Waals surface area contributed by atoms with Crippen LogP contribution in [0.1, 0.15) is 51.5 Å².